The summed E-state index contributed by atoms with van der Waals surface area (Å²) in [5.74, 6) is 1.42. The van der Waals surface area contributed by atoms with Crippen molar-refractivity contribution in [1.29, 1.82) is 0 Å². The van der Waals surface area contributed by atoms with Crippen molar-refractivity contribution in [2.45, 2.75) is 58.5 Å². The molecule has 2 saturated heterocycles. The smallest absolute Gasteiger partial charge is 0.290 e. The van der Waals surface area contributed by atoms with Crippen molar-refractivity contribution in [2.24, 2.45) is 11.8 Å². The number of methoxy groups -OCH3 is 2. The number of hydrogen-bond donors (Lipinski definition) is 1. The van der Waals surface area contributed by atoms with Crippen molar-refractivity contribution in [3.05, 3.63) is 24.0 Å². The first-order chi connectivity index (χ1) is 17.9. The van der Waals surface area contributed by atoms with Crippen molar-refractivity contribution in [3.8, 4) is 5.75 Å². The number of hydrogen-bond acceptors (Lipinski definition) is 6. The average Bonchev–Trinajstić information content (AvgIpc) is 3.57. The van der Waals surface area contributed by atoms with Crippen LogP contribution in [-0.2, 0) is 16.1 Å². The second-order valence-electron chi connectivity index (χ2n) is 10.7. The Kier molecular flexibility index (Phi) is 9.43. The van der Waals surface area contributed by atoms with Crippen LogP contribution >= 0.6 is 0 Å². The molecule has 1 N–H and O–H groups in total. The molecule has 9 nitrogen and oxygen atoms in total. The molecule has 1 aromatic heterocycles. The van der Waals surface area contributed by atoms with Crippen molar-refractivity contribution >= 4 is 22.8 Å². The minimum absolute atomic E-state index is 0.0659. The van der Waals surface area contributed by atoms with Gasteiger partial charge >= 0.3 is 0 Å². The first kappa shape index (κ1) is 27.4. The van der Waals surface area contributed by atoms with Crippen LogP contribution in [0, 0.1) is 11.8 Å². The quantitative estimate of drug-likeness (QED) is 0.465. The van der Waals surface area contributed by atoms with Crippen molar-refractivity contribution in [1.82, 2.24) is 24.7 Å². The van der Waals surface area contributed by atoms with Crippen LogP contribution in [0.15, 0.2) is 18.2 Å². The predicted octanol–water partition coefficient (Wildman–Crippen LogP) is 3.17. The number of amides is 2. The lowest BCUT2D eigenvalue weighted by Gasteiger charge is -2.39. The number of ether oxygens (including phenoxy) is 2. The number of nitrogens with zero attached hydrogens (tertiary/aromatic N) is 4. The van der Waals surface area contributed by atoms with Gasteiger partial charge in [-0.1, -0.05) is 19.9 Å². The molecule has 0 spiro atoms. The second kappa shape index (κ2) is 12.7. The van der Waals surface area contributed by atoms with Crippen LogP contribution in [0.1, 0.15) is 56.6 Å². The molecule has 1 aromatic carbocycles. The Labute approximate surface area is 220 Å². The van der Waals surface area contributed by atoms with Crippen molar-refractivity contribution < 1.29 is 19.1 Å². The number of benzene rings is 1. The third kappa shape index (κ3) is 6.26. The Bertz CT molecular complexity index is 1060. The fourth-order valence-electron chi connectivity index (χ4n) is 5.65. The lowest BCUT2D eigenvalue weighted by atomic mass is 9.92. The molecule has 0 radical (unpaired) electrons. The van der Waals surface area contributed by atoms with Gasteiger partial charge in [0.05, 0.1) is 18.5 Å². The summed E-state index contributed by atoms with van der Waals surface area (Å²) in [6, 6.07) is 5.75. The average molecular weight is 514 g/mol. The Morgan fingerprint density at radius 1 is 1.16 bits per heavy atom. The minimum atomic E-state index is -0.104. The van der Waals surface area contributed by atoms with Gasteiger partial charge in [0, 0.05) is 59.0 Å². The van der Waals surface area contributed by atoms with Crippen LogP contribution in [0.4, 0.5) is 0 Å². The molecule has 2 aromatic rings. The van der Waals surface area contributed by atoms with Crippen molar-refractivity contribution in [3.63, 3.8) is 0 Å². The normalized spacial score (nSPS) is 20.1. The third-order valence-corrected chi connectivity index (χ3v) is 7.49. The molecule has 0 saturated carbocycles. The Hall–Kier alpha value is -2.65. The molecule has 1 unspecified atom stereocenters. The van der Waals surface area contributed by atoms with E-state index in [1.807, 2.05) is 32.6 Å². The SMILES string of the molecule is COCCCCn1c(C(=O)N(CC(C)C)C2CNC[C@@H](C(=O)N3CCCC3)C2)nc2c(OC)cccc21. The van der Waals surface area contributed by atoms with Gasteiger partial charge in [-0.25, -0.2) is 4.98 Å². The first-order valence-corrected chi connectivity index (χ1v) is 13.8. The Balaban J connectivity index is 1.63. The molecule has 37 heavy (non-hydrogen) atoms. The second-order valence-corrected chi connectivity index (χ2v) is 10.7. The molecule has 4 rings (SSSR count). The maximum Gasteiger partial charge on any atom is 0.290 e. The highest BCUT2D eigenvalue weighted by atomic mass is 16.5. The number of piperidine rings is 1. The van der Waals surface area contributed by atoms with E-state index in [0.717, 1.165) is 44.3 Å². The van der Waals surface area contributed by atoms with E-state index in [-0.39, 0.29) is 29.7 Å². The fraction of sp³-hybridized carbons (Fsp3) is 0.679. The standard InChI is InChI=1S/C28H43N5O4/c1-20(2)19-33(22-16-21(17-29-18-22)27(34)31-12-5-6-13-31)28(35)26-30-25-23(10-9-11-24(25)37-4)32(26)14-7-8-15-36-3/h9-11,20-22,29H,5-8,12-19H2,1-4H3/t21-,22?/m0/s1. The molecule has 2 amide bonds. The van der Waals surface area contributed by atoms with Gasteiger partial charge < -0.3 is 29.2 Å². The molecule has 2 aliphatic heterocycles. The van der Waals surface area contributed by atoms with Crippen LogP contribution in [0.5, 0.6) is 5.75 Å². The van der Waals surface area contributed by atoms with Gasteiger partial charge in [0.1, 0.15) is 11.3 Å². The molecule has 2 atom stereocenters. The van der Waals surface area contributed by atoms with Crippen LogP contribution in [0.3, 0.4) is 0 Å². The summed E-state index contributed by atoms with van der Waals surface area (Å²) < 4.78 is 12.8. The van der Waals surface area contributed by atoms with Gasteiger partial charge in [-0.15, -0.1) is 0 Å². The Morgan fingerprint density at radius 3 is 2.65 bits per heavy atom. The van der Waals surface area contributed by atoms with E-state index in [4.69, 9.17) is 14.5 Å². The van der Waals surface area contributed by atoms with Crippen LogP contribution in [0.25, 0.3) is 11.0 Å². The third-order valence-electron chi connectivity index (χ3n) is 7.49. The lowest BCUT2D eigenvalue weighted by molar-refractivity contribution is -0.135. The largest absolute Gasteiger partial charge is 0.494 e. The van der Waals surface area contributed by atoms with Gasteiger partial charge in [-0.3, -0.25) is 9.59 Å². The monoisotopic (exact) mass is 513 g/mol. The van der Waals surface area contributed by atoms with Gasteiger partial charge in [0.15, 0.2) is 5.82 Å². The summed E-state index contributed by atoms with van der Waals surface area (Å²) in [6.45, 7) is 9.26. The highest BCUT2D eigenvalue weighted by Gasteiger charge is 2.37. The van der Waals surface area contributed by atoms with E-state index in [2.05, 4.69) is 19.2 Å². The summed E-state index contributed by atoms with van der Waals surface area (Å²) in [5, 5.41) is 3.45. The molecular formula is C28H43N5O4. The van der Waals surface area contributed by atoms with Crippen molar-refractivity contribution in [2.75, 3.05) is 53.6 Å². The summed E-state index contributed by atoms with van der Waals surface area (Å²) >= 11 is 0. The van der Waals surface area contributed by atoms with E-state index in [1.54, 1.807) is 14.2 Å². The number of fused-ring (bicyclic) bond motifs is 1. The summed E-state index contributed by atoms with van der Waals surface area (Å²) in [4.78, 5) is 36.2. The number of carbonyl (C=O) groups is 2. The number of aryl methyl sites for hydroxylation is 1. The van der Waals surface area contributed by atoms with E-state index >= 15 is 0 Å². The fourth-order valence-corrected chi connectivity index (χ4v) is 5.65. The van der Waals surface area contributed by atoms with Crippen LogP contribution < -0.4 is 10.1 Å². The van der Waals surface area contributed by atoms with Gasteiger partial charge in [0.2, 0.25) is 5.91 Å². The Morgan fingerprint density at radius 2 is 1.95 bits per heavy atom. The highest BCUT2D eigenvalue weighted by molar-refractivity contribution is 5.96. The number of unbranched alkanes of at least 4 members (excludes halogenated alkanes) is 1. The number of aromatic nitrogens is 2. The van der Waals surface area contributed by atoms with Crippen LogP contribution in [0.2, 0.25) is 0 Å². The number of imidazole rings is 1. The molecule has 0 aliphatic carbocycles. The van der Waals surface area contributed by atoms with E-state index in [1.165, 1.54) is 0 Å². The molecular weight excluding hydrogens is 470 g/mol. The van der Waals surface area contributed by atoms with E-state index in [9.17, 15) is 9.59 Å². The zero-order valence-electron chi connectivity index (χ0n) is 22.9. The maximum absolute atomic E-state index is 14.2. The highest BCUT2D eigenvalue weighted by Crippen LogP contribution is 2.28. The minimum Gasteiger partial charge on any atom is -0.494 e. The molecule has 0 bridgehead atoms. The topological polar surface area (TPSA) is 88.9 Å². The van der Waals surface area contributed by atoms with Gasteiger partial charge in [0.25, 0.3) is 5.91 Å². The molecule has 204 valence electrons. The summed E-state index contributed by atoms with van der Waals surface area (Å²) in [6.07, 6.45) is 4.61. The molecule has 3 heterocycles. The zero-order chi connectivity index (χ0) is 26.4. The van der Waals surface area contributed by atoms with E-state index in [0.29, 0.717) is 56.3 Å². The molecule has 9 heteroatoms. The number of likely N-dealkylation sites (tertiary alicyclic amines) is 1. The molecule has 2 aliphatic rings. The van der Waals surface area contributed by atoms with Gasteiger partial charge in [-0.2, -0.15) is 0 Å². The first-order valence-electron chi connectivity index (χ1n) is 13.8. The number of nitrogens with one attached hydrogen (secondary N) is 1. The van der Waals surface area contributed by atoms with Crippen LogP contribution in [-0.4, -0.2) is 90.8 Å². The van der Waals surface area contributed by atoms with E-state index < -0.39 is 0 Å². The predicted molar refractivity (Wildman–Crippen MR) is 144 cm³/mol. The number of rotatable bonds is 11. The number of carbonyl (C=O) groups excluding carboxylic acids is 2. The zero-order valence-corrected chi connectivity index (χ0v) is 22.9. The number of para-hydroxylation sites is 1. The summed E-state index contributed by atoms with van der Waals surface area (Å²) in [5.41, 5.74) is 1.60. The van der Waals surface area contributed by atoms with Gasteiger partial charge in [-0.05, 0) is 50.2 Å². The maximum atomic E-state index is 14.2. The molecule has 2 fully saturated rings. The lowest BCUT2D eigenvalue weighted by Crippen LogP contribution is -2.55. The summed E-state index contributed by atoms with van der Waals surface area (Å²) in [7, 11) is 3.33.